The number of nitrogens with zero attached hydrogens (tertiary/aromatic N) is 2. The first-order valence-electron chi connectivity index (χ1n) is 10.6. The highest BCUT2D eigenvalue weighted by atomic mass is 32.2. The Bertz CT molecular complexity index is 1070. The number of carbonyl (C=O) groups is 2. The zero-order valence-corrected chi connectivity index (χ0v) is 20.6. The number of ether oxygens (including phenoxy) is 2. The Morgan fingerprint density at radius 3 is 2.70 bits per heavy atom. The number of amides is 1. The van der Waals surface area contributed by atoms with Gasteiger partial charge in [0.05, 0.1) is 18.8 Å². The second-order valence-corrected chi connectivity index (χ2v) is 9.84. The number of rotatable bonds is 8. The molecule has 33 heavy (non-hydrogen) atoms. The van der Waals surface area contributed by atoms with Crippen LogP contribution in [0.25, 0.3) is 6.08 Å². The molecule has 1 N–H and O–H groups in total. The lowest BCUT2D eigenvalue weighted by molar-refractivity contribution is -0.112. The van der Waals surface area contributed by atoms with Crippen LogP contribution in [0.4, 0.5) is 5.00 Å². The molecule has 1 aromatic heterocycles. The van der Waals surface area contributed by atoms with Crippen molar-refractivity contribution >= 4 is 46.1 Å². The predicted octanol–water partition coefficient (Wildman–Crippen LogP) is 4.42. The van der Waals surface area contributed by atoms with Crippen molar-refractivity contribution in [2.24, 2.45) is 0 Å². The van der Waals surface area contributed by atoms with Gasteiger partial charge in [-0.1, -0.05) is 6.07 Å². The minimum atomic E-state index is -0.580. The minimum absolute atomic E-state index is 0.0583. The number of nitrogens with one attached hydrogen (secondary N) is 1. The molecule has 1 aromatic carbocycles. The summed E-state index contributed by atoms with van der Waals surface area (Å²) in [5, 5.41) is 14.3. The molecule has 2 aromatic rings. The molecule has 1 aliphatic heterocycles. The average molecular weight is 486 g/mol. The predicted molar refractivity (Wildman–Crippen MR) is 133 cm³/mol. The maximum atomic E-state index is 12.8. The molecule has 1 saturated heterocycles. The third kappa shape index (κ3) is 6.84. The molecule has 0 radical (unpaired) electrons. The van der Waals surface area contributed by atoms with Crippen LogP contribution in [-0.2, 0) is 16.1 Å². The van der Waals surface area contributed by atoms with Gasteiger partial charge >= 0.3 is 5.97 Å². The number of methoxy groups -OCH3 is 1. The molecular formula is C24H27N3O4S2. The van der Waals surface area contributed by atoms with Gasteiger partial charge in [0.2, 0.25) is 0 Å². The number of hydrogen-bond donors (Lipinski definition) is 1. The van der Waals surface area contributed by atoms with Gasteiger partial charge in [0.1, 0.15) is 22.4 Å². The van der Waals surface area contributed by atoms with E-state index in [2.05, 4.69) is 10.2 Å². The average Bonchev–Trinajstić information content (AvgIpc) is 3.26. The molecule has 2 heterocycles. The molecule has 1 amide bonds. The first-order chi connectivity index (χ1) is 15.9. The first-order valence-corrected chi connectivity index (χ1v) is 12.6. The normalized spacial score (nSPS) is 14.6. The maximum Gasteiger partial charge on any atom is 0.341 e. The lowest BCUT2D eigenvalue weighted by atomic mass is 10.1. The Hall–Kier alpha value is -2.80. The Morgan fingerprint density at radius 1 is 1.27 bits per heavy atom. The van der Waals surface area contributed by atoms with Crippen LogP contribution in [0.3, 0.4) is 0 Å². The van der Waals surface area contributed by atoms with Gasteiger partial charge in [0.25, 0.3) is 5.91 Å². The van der Waals surface area contributed by atoms with Gasteiger partial charge in [-0.15, -0.1) is 11.3 Å². The van der Waals surface area contributed by atoms with Crippen molar-refractivity contribution in [1.29, 1.82) is 5.26 Å². The number of benzene rings is 1. The second-order valence-electron chi connectivity index (χ2n) is 7.70. The number of nitriles is 1. The van der Waals surface area contributed by atoms with Gasteiger partial charge in [-0.3, -0.25) is 9.69 Å². The third-order valence-electron chi connectivity index (χ3n) is 4.93. The number of carbonyl (C=O) groups excluding carboxylic acids is 2. The molecule has 0 aliphatic carbocycles. The van der Waals surface area contributed by atoms with Crippen LogP contribution in [-0.4, -0.2) is 54.6 Å². The molecule has 0 unspecified atom stereocenters. The lowest BCUT2D eigenvalue weighted by Crippen LogP contribution is -2.32. The van der Waals surface area contributed by atoms with E-state index in [0.29, 0.717) is 5.00 Å². The summed E-state index contributed by atoms with van der Waals surface area (Å²) in [5.74, 6) is 1.90. The molecule has 0 saturated carbocycles. The molecule has 0 spiro atoms. The quantitative estimate of drug-likeness (QED) is 0.336. The Balaban J connectivity index is 1.78. The molecule has 3 rings (SSSR count). The zero-order chi connectivity index (χ0) is 23.8. The molecule has 7 nitrogen and oxygen atoms in total. The summed E-state index contributed by atoms with van der Waals surface area (Å²) in [6, 6.07) is 9.17. The summed E-state index contributed by atoms with van der Waals surface area (Å²) in [6.45, 7) is 6.29. The standard InChI is InChI=1S/C24H27N3O4S2/c1-16(2)31-24(29)20-6-9-33-23(20)26-22(28)18(14-25)12-17-4-5-21(30-3)19(13-17)15-27-7-10-32-11-8-27/h4-6,9,12-13,16H,7-8,10-11,15H2,1-3H3,(H,26,28). The van der Waals surface area contributed by atoms with Gasteiger partial charge in [-0.2, -0.15) is 17.0 Å². The van der Waals surface area contributed by atoms with Crippen LogP contribution in [0.15, 0.2) is 35.2 Å². The highest BCUT2D eigenvalue weighted by Crippen LogP contribution is 2.27. The zero-order valence-electron chi connectivity index (χ0n) is 18.9. The van der Waals surface area contributed by atoms with Crippen molar-refractivity contribution in [2.45, 2.75) is 26.5 Å². The highest BCUT2D eigenvalue weighted by Gasteiger charge is 2.19. The van der Waals surface area contributed by atoms with E-state index in [-0.39, 0.29) is 17.2 Å². The Kier molecular flexibility index (Phi) is 8.95. The fraction of sp³-hybridized carbons (Fsp3) is 0.375. The largest absolute Gasteiger partial charge is 0.496 e. The number of thioether (sulfide) groups is 1. The third-order valence-corrected chi connectivity index (χ3v) is 6.71. The van der Waals surface area contributed by atoms with Crippen molar-refractivity contribution in [3.63, 3.8) is 0 Å². The molecular weight excluding hydrogens is 458 g/mol. The van der Waals surface area contributed by atoms with Gasteiger partial charge in [0, 0.05) is 36.7 Å². The summed E-state index contributed by atoms with van der Waals surface area (Å²) in [4.78, 5) is 27.4. The smallest absolute Gasteiger partial charge is 0.341 e. The van der Waals surface area contributed by atoms with E-state index >= 15 is 0 Å². The van der Waals surface area contributed by atoms with E-state index in [4.69, 9.17) is 9.47 Å². The van der Waals surface area contributed by atoms with E-state index in [0.717, 1.165) is 48.0 Å². The lowest BCUT2D eigenvalue weighted by Gasteiger charge is -2.26. The summed E-state index contributed by atoms with van der Waals surface area (Å²) in [7, 11) is 1.64. The summed E-state index contributed by atoms with van der Waals surface area (Å²) in [5.41, 5.74) is 1.95. The summed E-state index contributed by atoms with van der Waals surface area (Å²) < 4.78 is 10.7. The minimum Gasteiger partial charge on any atom is -0.496 e. The maximum absolute atomic E-state index is 12.8. The van der Waals surface area contributed by atoms with Gasteiger partial charge in [-0.05, 0) is 49.1 Å². The molecule has 1 aliphatic rings. The highest BCUT2D eigenvalue weighted by molar-refractivity contribution is 7.99. The van der Waals surface area contributed by atoms with Crippen molar-refractivity contribution in [2.75, 3.05) is 37.0 Å². The molecule has 9 heteroatoms. The number of esters is 1. The molecule has 0 atom stereocenters. The van der Waals surface area contributed by atoms with Crippen LogP contribution in [0.2, 0.25) is 0 Å². The fourth-order valence-electron chi connectivity index (χ4n) is 3.34. The van der Waals surface area contributed by atoms with Crippen LogP contribution >= 0.6 is 23.1 Å². The first kappa shape index (κ1) is 24.8. The van der Waals surface area contributed by atoms with Gasteiger partial charge in [0.15, 0.2) is 0 Å². The van der Waals surface area contributed by atoms with Crippen LogP contribution < -0.4 is 10.1 Å². The van der Waals surface area contributed by atoms with Crippen molar-refractivity contribution in [3.8, 4) is 11.8 Å². The monoisotopic (exact) mass is 485 g/mol. The Labute approximate surface area is 202 Å². The van der Waals surface area contributed by atoms with E-state index in [1.54, 1.807) is 38.5 Å². The molecule has 0 bridgehead atoms. The van der Waals surface area contributed by atoms with Crippen LogP contribution in [0, 0.1) is 11.3 Å². The number of anilines is 1. The van der Waals surface area contributed by atoms with Gasteiger partial charge in [-0.25, -0.2) is 4.79 Å². The van der Waals surface area contributed by atoms with E-state index < -0.39 is 11.9 Å². The molecule has 1 fully saturated rings. The van der Waals surface area contributed by atoms with E-state index in [1.807, 2.05) is 36.0 Å². The van der Waals surface area contributed by atoms with E-state index in [9.17, 15) is 14.9 Å². The van der Waals surface area contributed by atoms with E-state index in [1.165, 1.54) is 11.3 Å². The molecule has 174 valence electrons. The topological polar surface area (TPSA) is 91.7 Å². The second kappa shape index (κ2) is 11.9. The van der Waals surface area contributed by atoms with Crippen molar-refractivity contribution < 1.29 is 19.1 Å². The van der Waals surface area contributed by atoms with Crippen molar-refractivity contribution in [3.05, 3.63) is 51.9 Å². The van der Waals surface area contributed by atoms with Crippen molar-refractivity contribution in [1.82, 2.24) is 4.90 Å². The SMILES string of the molecule is COc1ccc(C=C(C#N)C(=O)Nc2sccc2C(=O)OC(C)C)cc1CN1CCSCC1. The number of hydrogen-bond acceptors (Lipinski definition) is 8. The number of thiophene rings is 1. The van der Waals surface area contributed by atoms with Crippen LogP contribution in [0.1, 0.15) is 35.3 Å². The summed E-state index contributed by atoms with van der Waals surface area (Å²) >= 11 is 3.15. The van der Waals surface area contributed by atoms with Crippen LogP contribution in [0.5, 0.6) is 5.75 Å². The van der Waals surface area contributed by atoms with Gasteiger partial charge < -0.3 is 14.8 Å². The fourth-order valence-corrected chi connectivity index (χ4v) is 5.09. The Morgan fingerprint density at radius 2 is 2.03 bits per heavy atom. The summed E-state index contributed by atoms with van der Waals surface area (Å²) in [6.07, 6.45) is 1.27.